The second-order valence-corrected chi connectivity index (χ2v) is 5.75. The Kier molecular flexibility index (Phi) is 4.10. The average molecular weight is 317 g/mol. The Labute approximate surface area is 120 Å². The Bertz CT molecular complexity index is 737. The first kappa shape index (κ1) is 14.5. The van der Waals surface area contributed by atoms with Crippen molar-refractivity contribution in [3.63, 3.8) is 0 Å². The van der Waals surface area contributed by atoms with Crippen LogP contribution in [-0.2, 0) is 10.0 Å². The van der Waals surface area contributed by atoms with Gasteiger partial charge in [0.2, 0.25) is 5.03 Å². The molecule has 0 aliphatic rings. The third kappa shape index (κ3) is 3.00. The van der Waals surface area contributed by atoms with Gasteiger partial charge in [0.15, 0.2) is 5.82 Å². The smallest absolute Gasteiger partial charge is 0.282 e. The van der Waals surface area contributed by atoms with Crippen molar-refractivity contribution in [1.29, 1.82) is 0 Å². The maximum atomic E-state index is 13.5. The van der Waals surface area contributed by atoms with Gasteiger partial charge in [0, 0.05) is 12.3 Å². The summed E-state index contributed by atoms with van der Waals surface area (Å²) in [6, 6.07) is 6.73. The van der Waals surface area contributed by atoms with Crippen LogP contribution in [0.1, 0.15) is 0 Å². The number of ether oxygens (including phenoxy) is 1. The number of nitrogens with one attached hydrogen (secondary N) is 1. The fourth-order valence-corrected chi connectivity index (χ4v) is 2.77. The van der Waals surface area contributed by atoms with Crippen LogP contribution >= 0.6 is 11.6 Å². The number of anilines is 1. The Morgan fingerprint density at radius 3 is 2.75 bits per heavy atom. The van der Waals surface area contributed by atoms with Crippen LogP contribution in [-0.4, -0.2) is 20.5 Å². The molecule has 0 fully saturated rings. The number of methoxy groups -OCH3 is 1. The first-order chi connectivity index (χ1) is 9.44. The number of rotatable bonds is 4. The van der Waals surface area contributed by atoms with Crippen LogP contribution in [0, 0.1) is 5.82 Å². The summed E-state index contributed by atoms with van der Waals surface area (Å²) < 4.78 is 44.8. The number of pyridine rings is 1. The number of halogens is 2. The highest BCUT2D eigenvalue weighted by molar-refractivity contribution is 7.92. The van der Waals surface area contributed by atoms with Crippen LogP contribution < -0.4 is 9.46 Å². The highest BCUT2D eigenvalue weighted by atomic mass is 35.5. The van der Waals surface area contributed by atoms with Crippen LogP contribution in [0.4, 0.5) is 10.1 Å². The maximum Gasteiger partial charge on any atom is 0.282 e. The zero-order valence-corrected chi connectivity index (χ0v) is 11.9. The van der Waals surface area contributed by atoms with Crippen molar-refractivity contribution >= 4 is 27.3 Å². The molecule has 1 N–H and O–H groups in total. The molecule has 0 saturated heterocycles. The van der Waals surface area contributed by atoms with E-state index in [4.69, 9.17) is 16.3 Å². The summed E-state index contributed by atoms with van der Waals surface area (Å²) in [5, 5.41) is -0.537. The lowest BCUT2D eigenvalue weighted by molar-refractivity contribution is 0.415. The predicted octanol–water partition coefficient (Wildman–Crippen LogP) is 2.68. The van der Waals surface area contributed by atoms with Crippen molar-refractivity contribution in [2.75, 3.05) is 11.8 Å². The number of benzene rings is 1. The molecule has 1 aromatic heterocycles. The SMILES string of the molecule is COc1ccc(Cl)c(NS(=O)(=O)c2ncccc2F)c1. The zero-order valence-electron chi connectivity index (χ0n) is 10.3. The van der Waals surface area contributed by atoms with E-state index in [1.54, 1.807) is 6.07 Å². The van der Waals surface area contributed by atoms with Crippen LogP contribution in [0.5, 0.6) is 5.75 Å². The Morgan fingerprint density at radius 2 is 2.10 bits per heavy atom. The molecule has 0 amide bonds. The number of nitrogens with zero attached hydrogens (tertiary/aromatic N) is 1. The Morgan fingerprint density at radius 1 is 1.35 bits per heavy atom. The van der Waals surface area contributed by atoms with E-state index in [9.17, 15) is 12.8 Å². The summed E-state index contributed by atoms with van der Waals surface area (Å²) >= 11 is 5.89. The average Bonchev–Trinajstić information content (AvgIpc) is 2.41. The van der Waals surface area contributed by atoms with Gasteiger partial charge in [-0.3, -0.25) is 4.72 Å². The number of hydrogen-bond donors (Lipinski definition) is 1. The molecule has 0 aliphatic heterocycles. The maximum absolute atomic E-state index is 13.5. The molecule has 0 aliphatic carbocycles. The van der Waals surface area contributed by atoms with Crippen molar-refractivity contribution in [1.82, 2.24) is 4.98 Å². The Balaban J connectivity index is 2.41. The van der Waals surface area contributed by atoms with Gasteiger partial charge in [-0.25, -0.2) is 9.37 Å². The van der Waals surface area contributed by atoms with E-state index in [0.717, 1.165) is 6.07 Å². The van der Waals surface area contributed by atoms with Crippen LogP contribution in [0.15, 0.2) is 41.6 Å². The molecule has 5 nitrogen and oxygen atoms in total. The molecule has 0 bridgehead atoms. The van der Waals surface area contributed by atoms with Gasteiger partial charge >= 0.3 is 0 Å². The Hall–Kier alpha value is -1.86. The summed E-state index contributed by atoms with van der Waals surface area (Å²) in [6.45, 7) is 0. The second-order valence-electron chi connectivity index (χ2n) is 3.74. The lowest BCUT2D eigenvalue weighted by atomic mass is 10.3. The van der Waals surface area contributed by atoms with Gasteiger partial charge in [-0.15, -0.1) is 0 Å². The van der Waals surface area contributed by atoms with E-state index in [-0.39, 0.29) is 10.7 Å². The molecule has 2 rings (SSSR count). The molecule has 106 valence electrons. The third-order valence-corrected chi connectivity index (χ3v) is 4.02. The van der Waals surface area contributed by atoms with Gasteiger partial charge in [0.1, 0.15) is 5.75 Å². The van der Waals surface area contributed by atoms with Gasteiger partial charge < -0.3 is 4.74 Å². The molecule has 1 aromatic carbocycles. The lowest BCUT2D eigenvalue weighted by Gasteiger charge is -2.10. The van der Waals surface area contributed by atoms with Crippen molar-refractivity contribution in [2.45, 2.75) is 5.03 Å². The molecule has 1 heterocycles. The largest absolute Gasteiger partial charge is 0.497 e. The van der Waals surface area contributed by atoms with E-state index in [0.29, 0.717) is 5.75 Å². The van der Waals surface area contributed by atoms with E-state index < -0.39 is 20.9 Å². The molecule has 2 aromatic rings. The fraction of sp³-hybridized carbons (Fsp3) is 0.0833. The summed E-state index contributed by atoms with van der Waals surface area (Å²) in [5.41, 5.74) is 0.0797. The van der Waals surface area contributed by atoms with E-state index >= 15 is 0 Å². The minimum atomic E-state index is -4.17. The minimum Gasteiger partial charge on any atom is -0.497 e. The standard InChI is InChI=1S/C12H10ClFN2O3S/c1-19-8-4-5-9(13)11(7-8)16-20(17,18)12-10(14)3-2-6-15-12/h2-7,16H,1H3. The molecular formula is C12H10ClFN2O3S. The van der Waals surface area contributed by atoms with Crippen LogP contribution in [0.3, 0.4) is 0 Å². The van der Waals surface area contributed by atoms with E-state index in [1.165, 1.54) is 31.5 Å². The van der Waals surface area contributed by atoms with Gasteiger partial charge in [-0.05, 0) is 24.3 Å². The first-order valence-electron chi connectivity index (χ1n) is 5.41. The van der Waals surface area contributed by atoms with Gasteiger partial charge in [-0.1, -0.05) is 11.6 Å². The molecule has 0 saturated carbocycles. The molecular weight excluding hydrogens is 307 g/mol. The second kappa shape index (κ2) is 5.64. The highest BCUT2D eigenvalue weighted by Gasteiger charge is 2.21. The van der Waals surface area contributed by atoms with Gasteiger partial charge in [-0.2, -0.15) is 8.42 Å². The van der Waals surface area contributed by atoms with Gasteiger partial charge in [0.25, 0.3) is 10.0 Å². The minimum absolute atomic E-state index is 0.0797. The molecule has 0 radical (unpaired) electrons. The zero-order chi connectivity index (χ0) is 14.8. The first-order valence-corrected chi connectivity index (χ1v) is 7.27. The van der Waals surface area contributed by atoms with Crippen LogP contribution in [0.25, 0.3) is 0 Å². The summed E-state index contributed by atoms with van der Waals surface area (Å²) in [5.74, 6) is -0.535. The lowest BCUT2D eigenvalue weighted by Crippen LogP contribution is -2.16. The topological polar surface area (TPSA) is 68.3 Å². The van der Waals surface area contributed by atoms with E-state index in [1.807, 2.05) is 0 Å². The van der Waals surface area contributed by atoms with Crippen molar-refractivity contribution in [2.24, 2.45) is 0 Å². The summed E-state index contributed by atoms with van der Waals surface area (Å²) in [4.78, 5) is 3.52. The molecule has 0 atom stereocenters. The van der Waals surface area contributed by atoms with E-state index in [2.05, 4.69) is 9.71 Å². The van der Waals surface area contributed by atoms with Crippen molar-refractivity contribution in [3.05, 3.63) is 47.4 Å². The van der Waals surface area contributed by atoms with Crippen molar-refractivity contribution in [3.8, 4) is 5.75 Å². The summed E-state index contributed by atoms with van der Waals surface area (Å²) in [6.07, 6.45) is 1.19. The van der Waals surface area contributed by atoms with Gasteiger partial charge in [0.05, 0.1) is 17.8 Å². The highest BCUT2D eigenvalue weighted by Crippen LogP contribution is 2.28. The number of aromatic nitrogens is 1. The summed E-state index contributed by atoms with van der Waals surface area (Å²) in [7, 11) is -2.74. The monoisotopic (exact) mass is 316 g/mol. The molecule has 0 spiro atoms. The third-order valence-electron chi connectivity index (χ3n) is 2.40. The predicted molar refractivity (Wildman–Crippen MR) is 73.0 cm³/mol. The number of sulfonamides is 1. The number of hydrogen-bond acceptors (Lipinski definition) is 4. The van der Waals surface area contributed by atoms with Crippen molar-refractivity contribution < 1.29 is 17.5 Å². The fourth-order valence-electron chi connectivity index (χ4n) is 1.47. The quantitative estimate of drug-likeness (QED) is 0.941. The molecule has 8 heteroatoms. The van der Waals surface area contributed by atoms with Crippen LogP contribution in [0.2, 0.25) is 5.02 Å². The normalized spacial score (nSPS) is 11.2. The molecule has 20 heavy (non-hydrogen) atoms. The molecule has 0 unspecified atom stereocenters.